The van der Waals surface area contributed by atoms with Crippen LogP contribution in [0.3, 0.4) is 0 Å². The first-order chi connectivity index (χ1) is 12.0. The Morgan fingerprint density at radius 1 is 1.00 bits per heavy atom. The van der Waals surface area contributed by atoms with Crippen LogP contribution in [0, 0.1) is 25.7 Å². The van der Waals surface area contributed by atoms with E-state index < -0.39 is 0 Å². The van der Waals surface area contributed by atoms with Crippen LogP contribution in [0.25, 0.3) is 0 Å². The lowest BCUT2D eigenvalue weighted by atomic mass is 10.1. The molecular formula is C21H24N2O2. The summed E-state index contributed by atoms with van der Waals surface area (Å²) in [4.78, 5) is 26.8. The van der Waals surface area contributed by atoms with Gasteiger partial charge in [0.1, 0.15) is 0 Å². The molecule has 0 spiro atoms. The number of nitrogens with zero attached hydrogens (tertiary/aromatic N) is 1. The van der Waals surface area contributed by atoms with Gasteiger partial charge in [-0.2, -0.15) is 0 Å². The molecule has 1 N–H and O–H groups in total. The summed E-state index contributed by atoms with van der Waals surface area (Å²) < 4.78 is 0. The van der Waals surface area contributed by atoms with Crippen LogP contribution in [-0.4, -0.2) is 23.8 Å². The summed E-state index contributed by atoms with van der Waals surface area (Å²) in [6.07, 6.45) is 0.634. The second kappa shape index (κ2) is 7.09. The van der Waals surface area contributed by atoms with Gasteiger partial charge in [0, 0.05) is 19.3 Å². The van der Waals surface area contributed by atoms with E-state index in [4.69, 9.17) is 0 Å². The highest BCUT2D eigenvalue weighted by Crippen LogP contribution is 2.41. The zero-order chi connectivity index (χ0) is 18.0. The minimum absolute atomic E-state index is 0.0468. The van der Waals surface area contributed by atoms with Crippen molar-refractivity contribution in [1.82, 2.24) is 4.90 Å². The van der Waals surface area contributed by atoms with E-state index in [0.717, 1.165) is 22.4 Å². The van der Waals surface area contributed by atoms with E-state index in [0.29, 0.717) is 13.0 Å². The third-order valence-corrected chi connectivity index (χ3v) is 4.81. The number of hydrogen-bond acceptors (Lipinski definition) is 2. The lowest BCUT2D eigenvalue weighted by molar-refractivity contribution is -0.133. The van der Waals surface area contributed by atoms with Crippen molar-refractivity contribution in [3.63, 3.8) is 0 Å². The summed E-state index contributed by atoms with van der Waals surface area (Å²) >= 11 is 0. The van der Waals surface area contributed by atoms with Crippen LogP contribution in [0.5, 0.6) is 0 Å². The average Bonchev–Trinajstić information content (AvgIpc) is 3.39. The Balaban J connectivity index is 1.58. The Bertz CT molecular complexity index is 765. The molecule has 0 aliphatic heterocycles. The van der Waals surface area contributed by atoms with Gasteiger partial charge in [-0.15, -0.1) is 0 Å². The summed E-state index contributed by atoms with van der Waals surface area (Å²) in [5, 5.41) is 3.00. The van der Waals surface area contributed by atoms with Crippen LogP contribution in [-0.2, 0) is 16.1 Å². The molecule has 0 radical (unpaired) electrons. The molecule has 1 fully saturated rings. The Kier molecular flexibility index (Phi) is 4.88. The molecule has 2 atom stereocenters. The molecular weight excluding hydrogens is 312 g/mol. The van der Waals surface area contributed by atoms with Gasteiger partial charge in [0.25, 0.3) is 0 Å². The number of carbonyl (C=O) groups is 2. The summed E-state index contributed by atoms with van der Waals surface area (Å²) in [5.41, 5.74) is 4.04. The van der Waals surface area contributed by atoms with Crippen molar-refractivity contribution in [3.05, 3.63) is 65.2 Å². The molecule has 2 unspecified atom stereocenters. The Hall–Kier alpha value is -2.62. The number of nitrogens with one attached hydrogen (secondary N) is 1. The number of rotatable bonds is 5. The molecule has 4 nitrogen and oxygen atoms in total. The lowest BCUT2D eigenvalue weighted by Gasteiger charge is -2.17. The van der Waals surface area contributed by atoms with Gasteiger partial charge in [0.15, 0.2) is 0 Å². The molecule has 1 aliphatic carbocycles. The quantitative estimate of drug-likeness (QED) is 0.908. The minimum atomic E-state index is -0.218. The first-order valence-corrected chi connectivity index (χ1v) is 8.63. The lowest BCUT2D eigenvalue weighted by Crippen LogP contribution is -2.29. The third-order valence-electron chi connectivity index (χ3n) is 4.81. The molecule has 25 heavy (non-hydrogen) atoms. The zero-order valence-corrected chi connectivity index (χ0v) is 15.0. The van der Waals surface area contributed by atoms with E-state index >= 15 is 0 Å². The first-order valence-electron chi connectivity index (χ1n) is 8.63. The number of para-hydroxylation sites is 1. The topological polar surface area (TPSA) is 49.4 Å². The highest BCUT2D eigenvalue weighted by atomic mass is 16.2. The molecule has 0 heterocycles. The van der Waals surface area contributed by atoms with Gasteiger partial charge >= 0.3 is 0 Å². The summed E-state index contributed by atoms with van der Waals surface area (Å²) in [7, 11) is 1.80. The summed E-state index contributed by atoms with van der Waals surface area (Å²) in [5.74, 6) is -0.419. The molecule has 130 valence electrons. The standard InChI is InChI=1S/C21H24N2O2/c1-14-8-7-9-15(2)19(14)22-20(24)17-12-18(17)21(25)23(3)13-16-10-5-4-6-11-16/h4-11,17-18H,12-13H2,1-3H3,(H,22,24). The van der Waals surface area contributed by atoms with Crippen LogP contribution in [0.4, 0.5) is 5.69 Å². The number of anilines is 1. The van der Waals surface area contributed by atoms with Gasteiger partial charge in [-0.3, -0.25) is 9.59 Å². The van der Waals surface area contributed by atoms with E-state index in [-0.39, 0.29) is 23.7 Å². The zero-order valence-electron chi connectivity index (χ0n) is 15.0. The average molecular weight is 336 g/mol. The number of aryl methyl sites for hydroxylation is 2. The maximum absolute atomic E-state index is 12.6. The number of benzene rings is 2. The number of carbonyl (C=O) groups excluding carboxylic acids is 2. The molecule has 2 aromatic carbocycles. The Morgan fingerprint density at radius 3 is 2.28 bits per heavy atom. The number of amides is 2. The molecule has 2 aromatic rings. The van der Waals surface area contributed by atoms with Crippen molar-refractivity contribution in [2.24, 2.45) is 11.8 Å². The van der Waals surface area contributed by atoms with Crippen LogP contribution in [0.2, 0.25) is 0 Å². The maximum atomic E-state index is 12.6. The third kappa shape index (κ3) is 3.90. The van der Waals surface area contributed by atoms with Crippen molar-refractivity contribution < 1.29 is 9.59 Å². The van der Waals surface area contributed by atoms with Crippen LogP contribution >= 0.6 is 0 Å². The Morgan fingerprint density at radius 2 is 1.64 bits per heavy atom. The van der Waals surface area contributed by atoms with Crippen LogP contribution < -0.4 is 5.32 Å². The van der Waals surface area contributed by atoms with Gasteiger partial charge in [0.2, 0.25) is 11.8 Å². The first kappa shape index (κ1) is 17.2. The van der Waals surface area contributed by atoms with Crippen LogP contribution in [0.1, 0.15) is 23.1 Å². The molecule has 2 amide bonds. The molecule has 3 rings (SSSR count). The number of hydrogen-bond donors (Lipinski definition) is 1. The molecule has 0 bridgehead atoms. The van der Waals surface area contributed by atoms with Gasteiger partial charge in [-0.25, -0.2) is 0 Å². The fourth-order valence-electron chi connectivity index (χ4n) is 3.20. The Labute approximate surface area is 148 Å². The second-order valence-corrected chi connectivity index (χ2v) is 6.88. The summed E-state index contributed by atoms with van der Waals surface area (Å²) in [6.45, 7) is 4.53. The van der Waals surface area contributed by atoms with E-state index in [1.807, 2.05) is 62.4 Å². The molecule has 1 aliphatic rings. The maximum Gasteiger partial charge on any atom is 0.228 e. The molecule has 0 saturated heterocycles. The predicted octanol–water partition coefficient (Wildman–Crippen LogP) is 3.54. The molecule has 0 aromatic heterocycles. The normalized spacial score (nSPS) is 18.5. The van der Waals surface area contributed by atoms with Gasteiger partial charge in [0.05, 0.1) is 11.8 Å². The van der Waals surface area contributed by atoms with Gasteiger partial charge in [-0.05, 0) is 37.0 Å². The monoisotopic (exact) mass is 336 g/mol. The predicted molar refractivity (Wildman–Crippen MR) is 99.1 cm³/mol. The minimum Gasteiger partial charge on any atom is -0.341 e. The highest BCUT2D eigenvalue weighted by molar-refractivity contribution is 6.00. The van der Waals surface area contributed by atoms with Crippen molar-refractivity contribution in [3.8, 4) is 0 Å². The van der Waals surface area contributed by atoms with Crippen molar-refractivity contribution in [1.29, 1.82) is 0 Å². The second-order valence-electron chi connectivity index (χ2n) is 6.88. The van der Waals surface area contributed by atoms with Gasteiger partial charge in [-0.1, -0.05) is 48.5 Å². The molecule has 4 heteroatoms. The SMILES string of the molecule is Cc1cccc(C)c1NC(=O)C1CC1C(=O)N(C)Cc1ccccc1. The van der Waals surface area contributed by atoms with E-state index in [1.165, 1.54) is 0 Å². The van der Waals surface area contributed by atoms with E-state index in [9.17, 15) is 9.59 Å². The van der Waals surface area contributed by atoms with Gasteiger partial charge < -0.3 is 10.2 Å². The van der Waals surface area contributed by atoms with Crippen molar-refractivity contribution in [2.75, 3.05) is 12.4 Å². The van der Waals surface area contributed by atoms with E-state index in [2.05, 4.69) is 5.32 Å². The largest absolute Gasteiger partial charge is 0.341 e. The molecule has 1 saturated carbocycles. The highest BCUT2D eigenvalue weighted by Gasteiger charge is 2.49. The van der Waals surface area contributed by atoms with Crippen molar-refractivity contribution in [2.45, 2.75) is 26.8 Å². The smallest absolute Gasteiger partial charge is 0.228 e. The van der Waals surface area contributed by atoms with Crippen LogP contribution in [0.15, 0.2) is 48.5 Å². The fourth-order valence-corrected chi connectivity index (χ4v) is 3.20. The fraction of sp³-hybridized carbons (Fsp3) is 0.333. The van der Waals surface area contributed by atoms with E-state index in [1.54, 1.807) is 11.9 Å². The summed E-state index contributed by atoms with van der Waals surface area (Å²) in [6, 6.07) is 15.8. The van der Waals surface area contributed by atoms with Crippen molar-refractivity contribution >= 4 is 17.5 Å².